The van der Waals surface area contributed by atoms with E-state index in [0.717, 1.165) is 0 Å². The van der Waals surface area contributed by atoms with Gasteiger partial charge in [0, 0.05) is 30.7 Å². The lowest BCUT2D eigenvalue weighted by Gasteiger charge is -2.15. The van der Waals surface area contributed by atoms with Crippen LogP contribution in [0.2, 0.25) is 5.02 Å². The summed E-state index contributed by atoms with van der Waals surface area (Å²) in [5.74, 6) is 0. The third kappa shape index (κ3) is 3.50. The minimum atomic E-state index is -3.71. The van der Waals surface area contributed by atoms with Crippen LogP contribution in [0.1, 0.15) is 6.92 Å². The highest BCUT2D eigenvalue weighted by atomic mass is 35.5. The summed E-state index contributed by atoms with van der Waals surface area (Å²) in [5, 5.41) is 0.140. The number of aromatic nitrogens is 2. The van der Waals surface area contributed by atoms with Crippen molar-refractivity contribution < 1.29 is 8.42 Å². The van der Waals surface area contributed by atoms with E-state index in [1.807, 2.05) is 0 Å². The molecule has 0 fully saturated rings. The number of nitrogens with one attached hydrogen (secondary N) is 1. The van der Waals surface area contributed by atoms with Crippen LogP contribution < -0.4 is 10.5 Å². The lowest BCUT2D eigenvalue weighted by molar-refractivity contribution is 0.520. The molecule has 1 heterocycles. The molecular weight excluding hydrogens is 300 g/mol. The van der Waals surface area contributed by atoms with E-state index in [2.05, 4.69) is 9.71 Å². The van der Waals surface area contributed by atoms with Crippen molar-refractivity contribution in [2.24, 2.45) is 0 Å². The maximum Gasteiger partial charge on any atom is 0.242 e. The fourth-order valence-corrected chi connectivity index (χ4v) is 3.57. The van der Waals surface area contributed by atoms with Crippen molar-refractivity contribution in [2.75, 3.05) is 5.73 Å². The van der Waals surface area contributed by atoms with Crippen molar-refractivity contribution in [3.63, 3.8) is 0 Å². The first-order chi connectivity index (χ1) is 9.38. The van der Waals surface area contributed by atoms with Crippen LogP contribution in [-0.4, -0.2) is 24.0 Å². The van der Waals surface area contributed by atoms with E-state index in [0.29, 0.717) is 12.2 Å². The van der Waals surface area contributed by atoms with Crippen molar-refractivity contribution >= 4 is 27.3 Å². The number of halogens is 1. The standard InChI is InChI=1S/C12H15ClN4O2S/c1-9(7-17-5-4-15-8-17)16-20(18,19)12-6-10(14)2-3-11(12)13/h2-6,8-9,16H,7,14H2,1H3. The van der Waals surface area contributed by atoms with Gasteiger partial charge >= 0.3 is 0 Å². The van der Waals surface area contributed by atoms with E-state index >= 15 is 0 Å². The summed E-state index contributed by atoms with van der Waals surface area (Å²) in [6.45, 7) is 2.23. The molecule has 0 aliphatic carbocycles. The molecule has 3 N–H and O–H groups in total. The number of nitrogens with zero attached hydrogens (tertiary/aromatic N) is 2. The normalized spacial score (nSPS) is 13.3. The zero-order valence-corrected chi connectivity index (χ0v) is 12.4. The quantitative estimate of drug-likeness (QED) is 0.818. The Balaban J connectivity index is 2.16. The number of nitrogens with two attached hydrogens (primary N) is 1. The van der Waals surface area contributed by atoms with E-state index in [1.165, 1.54) is 12.1 Å². The molecule has 0 aliphatic rings. The summed E-state index contributed by atoms with van der Waals surface area (Å²) >= 11 is 5.92. The number of rotatable bonds is 5. The average Bonchev–Trinajstić information content (AvgIpc) is 2.84. The third-order valence-corrected chi connectivity index (χ3v) is 4.72. The Morgan fingerprint density at radius 3 is 2.90 bits per heavy atom. The Labute approximate surface area is 122 Å². The van der Waals surface area contributed by atoms with Crippen molar-refractivity contribution in [1.29, 1.82) is 0 Å². The molecule has 1 atom stereocenters. The zero-order valence-electron chi connectivity index (χ0n) is 10.8. The molecule has 1 unspecified atom stereocenters. The SMILES string of the molecule is CC(Cn1ccnc1)NS(=O)(=O)c1cc(N)ccc1Cl. The Morgan fingerprint density at radius 1 is 1.50 bits per heavy atom. The fourth-order valence-electron chi connectivity index (χ4n) is 1.80. The number of benzene rings is 1. The third-order valence-electron chi connectivity index (χ3n) is 2.64. The summed E-state index contributed by atoms with van der Waals surface area (Å²) in [6, 6.07) is 4.04. The molecule has 8 heteroatoms. The Kier molecular flexibility index (Phi) is 4.32. The van der Waals surface area contributed by atoms with Crippen LogP contribution in [0.5, 0.6) is 0 Å². The molecule has 108 valence electrons. The predicted octanol–water partition coefficient (Wildman–Crippen LogP) is 1.49. The zero-order chi connectivity index (χ0) is 14.8. The second-order valence-corrected chi connectivity index (χ2v) is 6.56. The van der Waals surface area contributed by atoms with Crippen molar-refractivity contribution in [1.82, 2.24) is 14.3 Å². The van der Waals surface area contributed by atoms with Crippen LogP contribution in [-0.2, 0) is 16.6 Å². The van der Waals surface area contributed by atoms with Gasteiger partial charge in [-0.05, 0) is 25.1 Å². The maximum absolute atomic E-state index is 12.3. The molecular formula is C12H15ClN4O2S. The Bertz CT molecular complexity index is 685. The van der Waals surface area contributed by atoms with Gasteiger partial charge in [-0.25, -0.2) is 18.1 Å². The first-order valence-electron chi connectivity index (χ1n) is 5.91. The summed E-state index contributed by atoms with van der Waals surface area (Å²) in [7, 11) is -3.71. The molecule has 1 aromatic carbocycles. The minimum Gasteiger partial charge on any atom is -0.399 e. The highest BCUT2D eigenvalue weighted by Gasteiger charge is 2.20. The second kappa shape index (κ2) is 5.82. The van der Waals surface area contributed by atoms with Crippen LogP contribution in [0.3, 0.4) is 0 Å². The smallest absolute Gasteiger partial charge is 0.242 e. The van der Waals surface area contributed by atoms with Crippen molar-refractivity contribution in [3.8, 4) is 0 Å². The molecule has 0 saturated heterocycles. The second-order valence-electron chi connectivity index (χ2n) is 4.47. The van der Waals surface area contributed by atoms with E-state index < -0.39 is 10.0 Å². The molecule has 0 amide bonds. The van der Waals surface area contributed by atoms with Crippen LogP contribution >= 0.6 is 11.6 Å². The van der Waals surface area contributed by atoms with E-state index in [1.54, 1.807) is 36.3 Å². The topological polar surface area (TPSA) is 90.0 Å². The maximum atomic E-state index is 12.3. The predicted molar refractivity (Wildman–Crippen MR) is 77.9 cm³/mol. The number of nitrogen functional groups attached to an aromatic ring is 1. The lowest BCUT2D eigenvalue weighted by Crippen LogP contribution is -2.35. The minimum absolute atomic E-state index is 0.0170. The van der Waals surface area contributed by atoms with Crippen molar-refractivity contribution in [2.45, 2.75) is 24.4 Å². The van der Waals surface area contributed by atoms with Crippen LogP contribution in [0.15, 0.2) is 41.8 Å². The molecule has 1 aromatic heterocycles. The number of imidazole rings is 1. The number of hydrogen-bond donors (Lipinski definition) is 2. The average molecular weight is 315 g/mol. The van der Waals surface area contributed by atoms with Gasteiger partial charge in [-0.15, -0.1) is 0 Å². The molecule has 0 saturated carbocycles. The van der Waals surface area contributed by atoms with E-state index in [-0.39, 0.29) is 16.0 Å². The Hall–Kier alpha value is -1.57. The summed E-state index contributed by atoms with van der Waals surface area (Å²) in [6.07, 6.45) is 5.02. The number of hydrogen-bond acceptors (Lipinski definition) is 4. The monoisotopic (exact) mass is 314 g/mol. The first kappa shape index (κ1) is 14.8. The van der Waals surface area contributed by atoms with Gasteiger partial charge in [0.1, 0.15) is 4.90 Å². The molecule has 2 rings (SSSR count). The largest absolute Gasteiger partial charge is 0.399 e. The molecule has 0 spiro atoms. The molecule has 0 aliphatic heterocycles. The van der Waals surface area contributed by atoms with Crippen LogP contribution in [0, 0.1) is 0 Å². The van der Waals surface area contributed by atoms with Crippen LogP contribution in [0.4, 0.5) is 5.69 Å². The van der Waals surface area contributed by atoms with Gasteiger partial charge in [0.25, 0.3) is 0 Å². The molecule has 0 bridgehead atoms. The van der Waals surface area contributed by atoms with E-state index in [4.69, 9.17) is 17.3 Å². The molecule has 2 aromatic rings. The highest BCUT2D eigenvalue weighted by molar-refractivity contribution is 7.89. The van der Waals surface area contributed by atoms with Gasteiger partial charge in [0.2, 0.25) is 10.0 Å². The van der Waals surface area contributed by atoms with E-state index in [9.17, 15) is 8.42 Å². The van der Waals surface area contributed by atoms with Crippen LogP contribution in [0.25, 0.3) is 0 Å². The van der Waals surface area contributed by atoms with Gasteiger partial charge in [0.15, 0.2) is 0 Å². The first-order valence-corrected chi connectivity index (χ1v) is 7.78. The molecule has 6 nitrogen and oxygen atoms in total. The van der Waals surface area contributed by atoms with Gasteiger partial charge in [-0.1, -0.05) is 11.6 Å². The summed E-state index contributed by atoms with van der Waals surface area (Å²) in [4.78, 5) is 3.89. The van der Waals surface area contributed by atoms with Gasteiger partial charge in [-0.2, -0.15) is 0 Å². The number of sulfonamides is 1. The van der Waals surface area contributed by atoms with Gasteiger partial charge < -0.3 is 10.3 Å². The molecule has 0 radical (unpaired) electrons. The molecule has 20 heavy (non-hydrogen) atoms. The fraction of sp³-hybridized carbons (Fsp3) is 0.250. The number of anilines is 1. The Morgan fingerprint density at radius 2 is 2.25 bits per heavy atom. The lowest BCUT2D eigenvalue weighted by atomic mass is 10.3. The summed E-state index contributed by atoms with van der Waals surface area (Å²) in [5.41, 5.74) is 5.95. The summed E-state index contributed by atoms with van der Waals surface area (Å²) < 4.78 is 28.9. The van der Waals surface area contributed by atoms with Gasteiger partial charge in [-0.3, -0.25) is 0 Å². The highest BCUT2D eigenvalue weighted by Crippen LogP contribution is 2.23. The van der Waals surface area contributed by atoms with Gasteiger partial charge in [0.05, 0.1) is 11.3 Å². The van der Waals surface area contributed by atoms with Crippen molar-refractivity contribution in [3.05, 3.63) is 41.9 Å².